The lowest BCUT2D eigenvalue weighted by molar-refractivity contribution is 0.200. The summed E-state index contributed by atoms with van der Waals surface area (Å²) in [5.74, 6) is 1.84. The van der Waals surface area contributed by atoms with E-state index in [1.54, 1.807) is 7.11 Å². The SMILES string of the molecule is COCCc1nc(CN(C)C)n(Cc2ccccc2C)n1. The molecule has 1 aromatic heterocycles. The Morgan fingerprint density at radius 3 is 2.67 bits per heavy atom. The van der Waals surface area contributed by atoms with Crippen LogP contribution in [-0.2, 0) is 24.2 Å². The molecule has 0 fully saturated rings. The second-order valence-electron chi connectivity index (χ2n) is 5.51. The quantitative estimate of drug-likeness (QED) is 0.780. The van der Waals surface area contributed by atoms with E-state index >= 15 is 0 Å². The van der Waals surface area contributed by atoms with Gasteiger partial charge in [0.25, 0.3) is 0 Å². The number of methoxy groups -OCH3 is 1. The molecule has 0 amide bonds. The number of ether oxygens (including phenoxy) is 1. The molecule has 0 aliphatic rings. The Hall–Kier alpha value is -1.72. The molecule has 0 radical (unpaired) electrons. The summed E-state index contributed by atoms with van der Waals surface area (Å²) in [5.41, 5.74) is 2.56. The molecule has 0 aliphatic carbocycles. The maximum atomic E-state index is 5.11. The van der Waals surface area contributed by atoms with Gasteiger partial charge in [0.05, 0.1) is 19.7 Å². The highest BCUT2D eigenvalue weighted by Crippen LogP contribution is 2.11. The highest BCUT2D eigenvalue weighted by atomic mass is 16.5. The molecule has 0 spiro atoms. The first kappa shape index (κ1) is 15.7. The van der Waals surface area contributed by atoms with Crippen LogP contribution in [0.15, 0.2) is 24.3 Å². The number of hydrogen-bond donors (Lipinski definition) is 0. The first-order valence-electron chi connectivity index (χ1n) is 7.21. The van der Waals surface area contributed by atoms with Gasteiger partial charge in [0, 0.05) is 13.5 Å². The van der Waals surface area contributed by atoms with Crippen LogP contribution in [0.3, 0.4) is 0 Å². The zero-order chi connectivity index (χ0) is 15.2. The summed E-state index contributed by atoms with van der Waals surface area (Å²) >= 11 is 0. The van der Waals surface area contributed by atoms with Crippen molar-refractivity contribution < 1.29 is 4.74 Å². The van der Waals surface area contributed by atoms with Crippen molar-refractivity contribution in [3.05, 3.63) is 47.0 Å². The van der Waals surface area contributed by atoms with Crippen LogP contribution in [0.1, 0.15) is 22.8 Å². The smallest absolute Gasteiger partial charge is 0.153 e. The Balaban J connectivity index is 2.23. The average molecular weight is 288 g/mol. The fourth-order valence-electron chi connectivity index (χ4n) is 2.20. The molecule has 0 bridgehead atoms. The fourth-order valence-corrected chi connectivity index (χ4v) is 2.20. The second-order valence-corrected chi connectivity index (χ2v) is 5.51. The summed E-state index contributed by atoms with van der Waals surface area (Å²) in [5, 5.41) is 4.64. The monoisotopic (exact) mass is 288 g/mol. The van der Waals surface area contributed by atoms with Crippen LogP contribution in [0.2, 0.25) is 0 Å². The van der Waals surface area contributed by atoms with Gasteiger partial charge < -0.3 is 9.64 Å². The molecule has 5 nitrogen and oxygen atoms in total. The van der Waals surface area contributed by atoms with Crippen molar-refractivity contribution in [1.29, 1.82) is 0 Å². The molecule has 0 unspecified atom stereocenters. The first-order chi connectivity index (χ1) is 10.1. The lowest BCUT2D eigenvalue weighted by Crippen LogP contribution is -2.17. The molecule has 0 aliphatic heterocycles. The Morgan fingerprint density at radius 2 is 2.00 bits per heavy atom. The molecule has 2 rings (SSSR count). The van der Waals surface area contributed by atoms with E-state index in [4.69, 9.17) is 4.74 Å². The highest BCUT2D eigenvalue weighted by Gasteiger charge is 2.12. The molecule has 1 heterocycles. The Bertz CT molecular complexity index is 577. The molecule has 1 aromatic carbocycles. The van der Waals surface area contributed by atoms with E-state index in [0.29, 0.717) is 6.61 Å². The molecule has 0 saturated heterocycles. The van der Waals surface area contributed by atoms with Crippen molar-refractivity contribution >= 4 is 0 Å². The third-order valence-electron chi connectivity index (χ3n) is 3.36. The van der Waals surface area contributed by atoms with Gasteiger partial charge in [-0.15, -0.1) is 0 Å². The number of hydrogen-bond acceptors (Lipinski definition) is 4. The van der Waals surface area contributed by atoms with Crippen LogP contribution in [0, 0.1) is 6.92 Å². The van der Waals surface area contributed by atoms with E-state index in [1.807, 2.05) is 18.8 Å². The van der Waals surface area contributed by atoms with Gasteiger partial charge in [-0.2, -0.15) is 5.10 Å². The van der Waals surface area contributed by atoms with Gasteiger partial charge in [-0.25, -0.2) is 9.67 Å². The normalized spacial score (nSPS) is 11.3. The largest absolute Gasteiger partial charge is 0.384 e. The van der Waals surface area contributed by atoms with Gasteiger partial charge in [-0.3, -0.25) is 0 Å². The van der Waals surface area contributed by atoms with Crippen LogP contribution >= 0.6 is 0 Å². The minimum Gasteiger partial charge on any atom is -0.384 e. The zero-order valence-electron chi connectivity index (χ0n) is 13.3. The third kappa shape index (κ3) is 4.37. The van der Waals surface area contributed by atoms with Crippen LogP contribution in [-0.4, -0.2) is 47.5 Å². The van der Waals surface area contributed by atoms with Gasteiger partial charge in [-0.05, 0) is 32.1 Å². The van der Waals surface area contributed by atoms with Gasteiger partial charge in [0.15, 0.2) is 5.82 Å². The van der Waals surface area contributed by atoms with Crippen LogP contribution in [0.25, 0.3) is 0 Å². The molecule has 0 N–H and O–H groups in total. The maximum Gasteiger partial charge on any atom is 0.153 e. The minimum atomic E-state index is 0.649. The van der Waals surface area contributed by atoms with Gasteiger partial charge in [0.2, 0.25) is 0 Å². The van der Waals surface area contributed by atoms with Crippen LogP contribution in [0.5, 0.6) is 0 Å². The minimum absolute atomic E-state index is 0.649. The van der Waals surface area contributed by atoms with E-state index < -0.39 is 0 Å². The lowest BCUT2D eigenvalue weighted by Gasteiger charge is -2.11. The van der Waals surface area contributed by atoms with Crippen molar-refractivity contribution in [2.75, 3.05) is 27.8 Å². The molecular weight excluding hydrogens is 264 g/mol. The van der Waals surface area contributed by atoms with E-state index in [0.717, 1.165) is 31.2 Å². The molecule has 5 heteroatoms. The van der Waals surface area contributed by atoms with Crippen LogP contribution < -0.4 is 0 Å². The summed E-state index contributed by atoms with van der Waals surface area (Å²) in [6.45, 7) is 4.32. The molecule has 114 valence electrons. The zero-order valence-corrected chi connectivity index (χ0v) is 13.3. The maximum absolute atomic E-state index is 5.11. The molecule has 2 aromatic rings. The first-order valence-corrected chi connectivity index (χ1v) is 7.21. The van der Waals surface area contributed by atoms with E-state index in [1.165, 1.54) is 11.1 Å². The summed E-state index contributed by atoms with van der Waals surface area (Å²) in [4.78, 5) is 6.75. The highest BCUT2D eigenvalue weighted by molar-refractivity contribution is 5.25. The molecular formula is C16H24N4O. The lowest BCUT2D eigenvalue weighted by atomic mass is 10.1. The topological polar surface area (TPSA) is 43.2 Å². The summed E-state index contributed by atoms with van der Waals surface area (Å²) in [7, 11) is 5.79. The standard InChI is InChI=1S/C16H24N4O/c1-13-7-5-6-8-14(13)11-20-16(12-19(2)3)17-15(18-20)9-10-21-4/h5-8H,9-12H2,1-4H3. The number of rotatable bonds is 7. The van der Waals surface area contributed by atoms with Crippen molar-refractivity contribution in [3.63, 3.8) is 0 Å². The Kier molecular flexibility index (Phi) is 5.47. The van der Waals surface area contributed by atoms with Crippen molar-refractivity contribution in [3.8, 4) is 0 Å². The Morgan fingerprint density at radius 1 is 1.24 bits per heavy atom. The Labute approximate surface area is 126 Å². The van der Waals surface area contributed by atoms with E-state index in [2.05, 4.69) is 46.2 Å². The van der Waals surface area contributed by atoms with Crippen LogP contribution in [0.4, 0.5) is 0 Å². The summed E-state index contributed by atoms with van der Waals surface area (Å²) in [6.07, 6.45) is 0.748. The summed E-state index contributed by atoms with van der Waals surface area (Å²) in [6, 6.07) is 8.40. The van der Waals surface area contributed by atoms with Gasteiger partial charge >= 0.3 is 0 Å². The second kappa shape index (κ2) is 7.33. The van der Waals surface area contributed by atoms with Gasteiger partial charge in [-0.1, -0.05) is 24.3 Å². The number of nitrogens with zero attached hydrogens (tertiary/aromatic N) is 4. The average Bonchev–Trinajstić information content (AvgIpc) is 2.80. The molecule has 0 atom stereocenters. The number of benzene rings is 1. The fraction of sp³-hybridized carbons (Fsp3) is 0.500. The van der Waals surface area contributed by atoms with Crippen molar-refractivity contribution in [2.24, 2.45) is 0 Å². The number of aromatic nitrogens is 3. The van der Waals surface area contributed by atoms with Crippen molar-refractivity contribution in [2.45, 2.75) is 26.4 Å². The third-order valence-corrected chi connectivity index (χ3v) is 3.36. The predicted octanol–water partition coefficient (Wildman–Crippen LogP) is 1.89. The van der Waals surface area contributed by atoms with Crippen molar-refractivity contribution in [1.82, 2.24) is 19.7 Å². The predicted molar refractivity (Wildman–Crippen MR) is 83.3 cm³/mol. The number of aryl methyl sites for hydroxylation is 1. The van der Waals surface area contributed by atoms with E-state index in [9.17, 15) is 0 Å². The van der Waals surface area contributed by atoms with E-state index in [-0.39, 0.29) is 0 Å². The molecule has 0 saturated carbocycles. The van der Waals surface area contributed by atoms with Gasteiger partial charge in [0.1, 0.15) is 5.82 Å². The molecule has 21 heavy (non-hydrogen) atoms. The summed E-state index contributed by atoms with van der Waals surface area (Å²) < 4.78 is 7.12.